The van der Waals surface area contributed by atoms with E-state index < -0.39 is 11.7 Å². The van der Waals surface area contributed by atoms with Gasteiger partial charge in [0.2, 0.25) is 0 Å². The third-order valence-electron chi connectivity index (χ3n) is 4.17. The van der Waals surface area contributed by atoms with E-state index in [1.54, 1.807) is 0 Å². The first-order chi connectivity index (χ1) is 11.3. The summed E-state index contributed by atoms with van der Waals surface area (Å²) in [6.07, 6.45) is 0.921. The minimum absolute atomic E-state index is 0.101. The Morgan fingerprint density at radius 2 is 2.00 bits per heavy atom. The average Bonchev–Trinajstić information content (AvgIpc) is 2.97. The second kappa shape index (κ2) is 5.96. The van der Waals surface area contributed by atoms with Crippen molar-refractivity contribution in [2.24, 2.45) is 0 Å². The summed E-state index contributed by atoms with van der Waals surface area (Å²) >= 11 is 0. The molecule has 2 aromatic rings. The normalized spacial score (nSPS) is 15.4. The average molecular weight is 328 g/mol. The Bertz CT molecular complexity index is 799. The number of ether oxygens (including phenoxy) is 1. The minimum atomic E-state index is -0.516. The number of carbonyl (C=O) groups excluding carboxylic acids is 2. The van der Waals surface area contributed by atoms with Gasteiger partial charge < -0.3 is 14.6 Å². The number of hydrogen-bond acceptors (Lipinski definition) is 3. The SMILES string of the molecule is C[C@@H](Cn1c2c(c3ccccc31)C(=O)CC2)NC(=O)OC(C)(C)C. The molecule has 0 spiro atoms. The topological polar surface area (TPSA) is 60.3 Å². The largest absolute Gasteiger partial charge is 0.444 e. The first kappa shape index (κ1) is 16.6. The quantitative estimate of drug-likeness (QED) is 0.935. The number of ketones is 1. The molecular weight excluding hydrogens is 304 g/mol. The van der Waals surface area contributed by atoms with Gasteiger partial charge in [0.25, 0.3) is 0 Å². The van der Waals surface area contributed by atoms with Gasteiger partial charge in [0.15, 0.2) is 5.78 Å². The minimum Gasteiger partial charge on any atom is -0.444 e. The van der Waals surface area contributed by atoms with Gasteiger partial charge in [-0.1, -0.05) is 18.2 Å². The zero-order valence-electron chi connectivity index (χ0n) is 14.7. The summed E-state index contributed by atoms with van der Waals surface area (Å²) in [4.78, 5) is 24.2. The second-order valence-corrected chi connectivity index (χ2v) is 7.42. The first-order valence-electron chi connectivity index (χ1n) is 8.39. The summed E-state index contributed by atoms with van der Waals surface area (Å²) in [5.41, 5.74) is 2.47. The molecule has 0 saturated carbocycles. The summed E-state index contributed by atoms with van der Waals surface area (Å²) in [6, 6.07) is 7.86. The number of benzene rings is 1. The fraction of sp³-hybridized carbons (Fsp3) is 0.474. The molecule has 1 atom stereocenters. The van der Waals surface area contributed by atoms with Crippen LogP contribution in [0.1, 0.15) is 50.2 Å². The molecule has 0 bridgehead atoms. The number of carbonyl (C=O) groups is 2. The maximum atomic E-state index is 12.2. The van der Waals surface area contributed by atoms with Crippen LogP contribution in [0.2, 0.25) is 0 Å². The number of alkyl carbamates (subject to hydrolysis) is 1. The number of amides is 1. The molecule has 5 heteroatoms. The van der Waals surface area contributed by atoms with Crippen LogP contribution < -0.4 is 5.32 Å². The molecule has 1 aromatic carbocycles. The summed E-state index contributed by atoms with van der Waals surface area (Å²) in [6.45, 7) is 8.09. The van der Waals surface area contributed by atoms with Gasteiger partial charge in [-0.15, -0.1) is 0 Å². The van der Waals surface area contributed by atoms with E-state index in [4.69, 9.17) is 4.74 Å². The maximum absolute atomic E-state index is 12.2. The van der Waals surface area contributed by atoms with E-state index >= 15 is 0 Å². The van der Waals surface area contributed by atoms with Crippen LogP contribution in [0.4, 0.5) is 4.79 Å². The van der Waals surface area contributed by atoms with Crippen molar-refractivity contribution in [2.45, 2.75) is 58.7 Å². The van der Waals surface area contributed by atoms with E-state index in [0.29, 0.717) is 13.0 Å². The van der Waals surface area contributed by atoms with Crippen molar-refractivity contribution < 1.29 is 14.3 Å². The van der Waals surface area contributed by atoms with E-state index in [9.17, 15) is 9.59 Å². The highest BCUT2D eigenvalue weighted by Crippen LogP contribution is 2.33. The molecule has 128 valence electrons. The summed E-state index contributed by atoms with van der Waals surface area (Å²) in [5.74, 6) is 0.215. The smallest absolute Gasteiger partial charge is 0.407 e. The molecule has 1 aromatic heterocycles. The molecule has 0 fully saturated rings. The molecule has 1 aliphatic rings. The molecule has 0 unspecified atom stereocenters. The summed E-state index contributed by atoms with van der Waals surface area (Å²) in [7, 11) is 0. The Hall–Kier alpha value is -2.30. The van der Waals surface area contributed by atoms with Gasteiger partial charge in [-0.25, -0.2) is 4.79 Å². The van der Waals surface area contributed by atoms with Gasteiger partial charge in [-0.3, -0.25) is 4.79 Å². The first-order valence-corrected chi connectivity index (χ1v) is 8.39. The number of aromatic nitrogens is 1. The summed E-state index contributed by atoms with van der Waals surface area (Å²) < 4.78 is 7.48. The number of para-hydroxylation sites is 1. The molecule has 1 heterocycles. The maximum Gasteiger partial charge on any atom is 0.407 e. The number of nitrogens with one attached hydrogen (secondary N) is 1. The van der Waals surface area contributed by atoms with Crippen molar-refractivity contribution in [3.05, 3.63) is 35.5 Å². The van der Waals surface area contributed by atoms with Gasteiger partial charge >= 0.3 is 6.09 Å². The van der Waals surface area contributed by atoms with Crippen molar-refractivity contribution in [3.63, 3.8) is 0 Å². The number of hydrogen-bond donors (Lipinski definition) is 1. The molecule has 0 aliphatic heterocycles. The fourth-order valence-electron chi connectivity index (χ4n) is 3.32. The van der Waals surface area contributed by atoms with Gasteiger partial charge in [0.05, 0.1) is 0 Å². The van der Waals surface area contributed by atoms with Crippen LogP contribution in [0.25, 0.3) is 10.9 Å². The van der Waals surface area contributed by atoms with Crippen LogP contribution in [-0.4, -0.2) is 28.1 Å². The van der Waals surface area contributed by atoms with Gasteiger partial charge in [0, 0.05) is 41.2 Å². The van der Waals surface area contributed by atoms with Crippen molar-refractivity contribution in [3.8, 4) is 0 Å². The Morgan fingerprint density at radius 3 is 2.71 bits per heavy atom. The zero-order chi connectivity index (χ0) is 17.5. The number of nitrogens with zero attached hydrogens (tertiary/aromatic N) is 1. The van der Waals surface area contributed by atoms with Crippen molar-refractivity contribution in [1.29, 1.82) is 0 Å². The lowest BCUT2D eigenvalue weighted by atomic mass is 10.1. The van der Waals surface area contributed by atoms with Crippen LogP contribution in [-0.2, 0) is 17.7 Å². The van der Waals surface area contributed by atoms with Gasteiger partial charge in [-0.2, -0.15) is 0 Å². The molecule has 1 amide bonds. The molecule has 5 nitrogen and oxygen atoms in total. The highest BCUT2D eigenvalue weighted by Gasteiger charge is 2.28. The van der Waals surface area contributed by atoms with Crippen LogP contribution >= 0.6 is 0 Å². The standard InChI is InChI=1S/C19H24N2O3/c1-12(20-18(23)24-19(2,3)4)11-21-14-8-6-5-7-13(14)17-15(21)9-10-16(17)22/h5-8,12H,9-11H2,1-4H3,(H,20,23)/t12-/m0/s1. The Kier molecular flexibility index (Phi) is 4.11. The third kappa shape index (κ3) is 3.16. The van der Waals surface area contributed by atoms with Crippen LogP contribution in [0, 0.1) is 0 Å². The predicted octanol–water partition coefficient (Wildman–Crippen LogP) is 3.68. The van der Waals surface area contributed by atoms with E-state index in [2.05, 4.69) is 9.88 Å². The fourth-order valence-corrected chi connectivity index (χ4v) is 3.32. The molecule has 0 radical (unpaired) electrons. The van der Waals surface area contributed by atoms with Gasteiger partial charge in [-0.05, 0) is 40.2 Å². The molecule has 1 N–H and O–H groups in total. The van der Waals surface area contributed by atoms with Gasteiger partial charge in [0.1, 0.15) is 5.60 Å². The molecule has 1 aliphatic carbocycles. The Labute approximate surface area is 142 Å². The van der Waals surface area contributed by atoms with Crippen molar-refractivity contribution in [2.75, 3.05) is 0 Å². The van der Waals surface area contributed by atoms with Crippen LogP contribution in [0.3, 0.4) is 0 Å². The van der Waals surface area contributed by atoms with Crippen LogP contribution in [0.15, 0.2) is 24.3 Å². The van der Waals surface area contributed by atoms with E-state index in [-0.39, 0.29) is 11.8 Å². The second-order valence-electron chi connectivity index (χ2n) is 7.42. The highest BCUT2D eigenvalue weighted by molar-refractivity contribution is 6.11. The predicted molar refractivity (Wildman–Crippen MR) is 93.4 cm³/mol. The number of rotatable bonds is 3. The third-order valence-corrected chi connectivity index (χ3v) is 4.17. The lowest BCUT2D eigenvalue weighted by Crippen LogP contribution is -2.39. The van der Waals surface area contributed by atoms with E-state index in [0.717, 1.165) is 28.6 Å². The molecular formula is C19H24N2O3. The molecule has 24 heavy (non-hydrogen) atoms. The van der Waals surface area contributed by atoms with E-state index in [1.165, 1.54) is 0 Å². The lowest BCUT2D eigenvalue weighted by molar-refractivity contribution is 0.0504. The van der Waals surface area contributed by atoms with E-state index in [1.807, 2.05) is 52.0 Å². The zero-order valence-corrected chi connectivity index (χ0v) is 14.7. The number of fused-ring (bicyclic) bond motifs is 3. The van der Waals surface area contributed by atoms with Crippen LogP contribution in [0.5, 0.6) is 0 Å². The molecule has 0 saturated heterocycles. The number of Topliss-reactive ketones (excluding diaryl/α,β-unsaturated/α-hetero) is 1. The summed E-state index contributed by atoms with van der Waals surface area (Å²) in [5, 5.41) is 3.89. The monoisotopic (exact) mass is 328 g/mol. The van der Waals surface area contributed by atoms with Crippen molar-refractivity contribution in [1.82, 2.24) is 9.88 Å². The molecule has 3 rings (SSSR count). The highest BCUT2D eigenvalue weighted by atomic mass is 16.6. The Balaban J connectivity index is 1.83. The Morgan fingerprint density at radius 1 is 1.29 bits per heavy atom. The van der Waals surface area contributed by atoms with Crippen molar-refractivity contribution >= 4 is 22.8 Å². The lowest BCUT2D eigenvalue weighted by Gasteiger charge is -2.22.